The zero-order valence-electron chi connectivity index (χ0n) is 16.8. The van der Waals surface area contributed by atoms with Crippen molar-refractivity contribution in [1.82, 2.24) is 4.90 Å². The van der Waals surface area contributed by atoms with Crippen LogP contribution in [0.25, 0.3) is 29.6 Å². The molecule has 3 rings (SSSR count). The Bertz CT molecular complexity index is 1090. The van der Waals surface area contributed by atoms with Crippen LogP contribution < -0.4 is 15.6 Å². The van der Waals surface area contributed by atoms with E-state index in [9.17, 15) is 0 Å². The van der Waals surface area contributed by atoms with Crippen molar-refractivity contribution in [3.8, 4) is 17.4 Å². The van der Waals surface area contributed by atoms with Crippen LogP contribution in [-0.2, 0) is 4.74 Å². The molecule has 1 aromatic heterocycles. The fraction of sp³-hybridized carbons (Fsp3) is 0.261. The number of ether oxygens (including phenoxy) is 1. The Balaban J connectivity index is 1.90. The first-order valence-electron chi connectivity index (χ1n) is 9.45. The lowest BCUT2D eigenvalue weighted by Crippen LogP contribution is -2.36. The second kappa shape index (κ2) is 9.66. The lowest BCUT2D eigenvalue weighted by molar-refractivity contribution is 0.0561. The van der Waals surface area contributed by atoms with Gasteiger partial charge in [0.05, 0.1) is 13.2 Å². The van der Waals surface area contributed by atoms with E-state index in [0.717, 1.165) is 65.6 Å². The summed E-state index contributed by atoms with van der Waals surface area (Å²) in [7, 11) is 0. The number of hydrogen-bond acceptors (Lipinski definition) is 6. The summed E-state index contributed by atoms with van der Waals surface area (Å²) in [5.74, 6) is 1.37. The third kappa shape index (κ3) is 4.83. The second-order valence-electron chi connectivity index (χ2n) is 6.72. The third-order valence-corrected chi connectivity index (χ3v) is 5.57. The molecule has 1 saturated heterocycles. The van der Waals surface area contributed by atoms with Crippen molar-refractivity contribution in [2.75, 3.05) is 26.3 Å². The molecule has 1 aliphatic rings. The van der Waals surface area contributed by atoms with Crippen LogP contribution in [0.3, 0.4) is 0 Å². The van der Waals surface area contributed by atoms with Gasteiger partial charge in [-0.1, -0.05) is 24.8 Å². The van der Waals surface area contributed by atoms with Crippen molar-refractivity contribution in [2.45, 2.75) is 13.8 Å². The van der Waals surface area contributed by atoms with Crippen molar-refractivity contribution in [3.05, 3.63) is 63.2 Å². The van der Waals surface area contributed by atoms with Gasteiger partial charge >= 0.3 is 0 Å². The Kier molecular flexibility index (Phi) is 6.99. The molecule has 0 amide bonds. The van der Waals surface area contributed by atoms with Crippen molar-refractivity contribution in [3.63, 3.8) is 0 Å². The molecule has 0 atom stereocenters. The van der Waals surface area contributed by atoms with Crippen LogP contribution in [0.1, 0.15) is 19.6 Å². The fourth-order valence-electron chi connectivity index (χ4n) is 3.24. The molecule has 0 aliphatic carbocycles. The van der Waals surface area contributed by atoms with Gasteiger partial charge in [0.2, 0.25) is 0 Å². The molecule has 150 valence electrons. The highest BCUT2D eigenvalue weighted by atomic mass is 32.2. The van der Waals surface area contributed by atoms with Gasteiger partial charge in [0.25, 0.3) is 0 Å². The first-order valence-corrected chi connectivity index (χ1v) is 10.3. The summed E-state index contributed by atoms with van der Waals surface area (Å²) in [4.78, 5) is 2.77. The minimum absolute atomic E-state index is 0.440. The van der Waals surface area contributed by atoms with E-state index in [2.05, 4.69) is 35.8 Å². The number of hydrogen-bond donors (Lipinski definition) is 1. The van der Waals surface area contributed by atoms with Gasteiger partial charge in [-0.3, -0.25) is 5.14 Å². The number of morpholine rings is 1. The number of nitrogens with zero attached hydrogens (tertiary/aromatic N) is 2. The van der Waals surface area contributed by atoms with Gasteiger partial charge in [-0.25, -0.2) is 0 Å². The minimum Gasteiger partial charge on any atom is -0.456 e. The molecule has 1 aliphatic heterocycles. The molecule has 2 aromatic rings. The highest BCUT2D eigenvalue weighted by molar-refractivity contribution is 8.01. The van der Waals surface area contributed by atoms with E-state index < -0.39 is 0 Å². The van der Waals surface area contributed by atoms with Gasteiger partial charge < -0.3 is 14.1 Å². The van der Waals surface area contributed by atoms with Crippen LogP contribution in [0.4, 0.5) is 0 Å². The molecule has 0 bridgehead atoms. The Morgan fingerprint density at radius 1 is 1.28 bits per heavy atom. The quantitative estimate of drug-likeness (QED) is 0.606. The zero-order chi connectivity index (χ0) is 20.8. The van der Waals surface area contributed by atoms with Gasteiger partial charge in [0, 0.05) is 29.9 Å². The molecule has 29 heavy (non-hydrogen) atoms. The molecule has 0 radical (unpaired) electrons. The standard InChI is InChI=1S/C23H25N3O2S/c1-4-20(26-9-11-27-12-10-26)14-18-5-6-19(13-16(18)2)22-8-7-21(28-22)17(3)23(15-24)29-25/h4-8,13-14H,2,9-12,25H2,1,3H3/b18-14-,20-4+,23-17+. The van der Waals surface area contributed by atoms with E-state index in [4.69, 9.17) is 19.6 Å². The molecule has 6 heteroatoms. The van der Waals surface area contributed by atoms with Crippen molar-refractivity contribution < 1.29 is 9.15 Å². The SMILES string of the molecule is C=c1cc(-c2ccc(/C(C)=C(\C#N)SN)o2)cc/c1=C/C(=C\C)N1CCOCC1. The highest BCUT2D eigenvalue weighted by Crippen LogP contribution is 2.28. The maximum Gasteiger partial charge on any atom is 0.134 e. The van der Waals surface area contributed by atoms with E-state index in [1.54, 1.807) is 0 Å². The molecule has 1 fully saturated rings. The molecular formula is C23H25N3O2S. The lowest BCUT2D eigenvalue weighted by atomic mass is 10.1. The monoisotopic (exact) mass is 407 g/mol. The van der Waals surface area contributed by atoms with Crippen LogP contribution in [0.15, 0.2) is 51.4 Å². The maximum atomic E-state index is 9.16. The topological polar surface area (TPSA) is 75.4 Å². The van der Waals surface area contributed by atoms with Crippen LogP contribution in [0.5, 0.6) is 0 Å². The van der Waals surface area contributed by atoms with Crippen LogP contribution >= 0.6 is 11.9 Å². The number of benzene rings is 1. The lowest BCUT2D eigenvalue weighted by Gasteiger charge is -2.29. The summed E-state index contributed by atoms with van der Waals surface area (Å²) in [6.07, 6.45) is 4.28. The van der Waals surface area contributed by atoms with E-state index in [1.807, 2.05) is 38.1 Å². The molecule has 0 unspecified atom stereocenters. The number of nitriles is 1. The number of allylic oxidation sites excluding steroid dienone is 4. The molecule has 2 N–H and O–H groups in total. The summed E-state index contributed by atoms with van der Waals surface area (Å²) in [5.41, 5.74) is 2.85. The number of nitrogens with two attached hydrogens (primary N) is 1. The predicted molar refractivity (Wildman–Crippen MR) is 120 cm³/mol. The average molecular weight is 408 g/mol. The Hall–Kier alpha value is -2.72. The highest BCUT2D eigenvalue weighted by Gasteiger charge is 2.12. The normalized spacial score (nSPS) is 16.6. The summed E-state index contributed by atoms with van der Waals surface area (Å²) >= 11 is 0.929. The van der Waals surface area contributed by atoms with Gasteiger partial charge in [-0.15, -0.1) is 0 Å². The van der Waals surface area contributed by atoms with E-state index in [-0.39, 0.29) is 0 Å². The number of furan rings is 1. The van der Waals surface area contributed by atoms with Crippen molar-refractivity contribution in [1.29, 1.82) is 5.26 Å². The maximum absolute atomic E-state index is 9.16. The van der Waals surface area contributed by atoms with Gasteiger partial charge in [0.15, 0.2) is 0 Å². The first kappa shape index (κ1) is 21.0. The molecular weight excluding hydrogens is 382 g/mol. The van der Waals surface area contributed by atoms with Crippen molar-refractivity contribution in [2.24, 2.45) is 5.14 Å². The van der Waals surface area contributed by atoms with E-state index >= 15 is 0 Å². The van der Waals surface area contributed by atoms with Crippen LogP contribution in [0, 0.1) is 11.3 Å². The van der Waals surface area contributed by atoms with Crippen LogP contribution in [0.2, 0.25) is 0 Å². The molecule has 5 nitrogen and oxygen atoms in total. The molecule has 0 spiro atoms. The van der Waals surface area contributed by atoms with Gasteiger partial charge in [0.1, 0.15) is 22.5 Å². The Morgan fingerprint density at radius 3 is 2.66 bits per heavy atom. The molecule has 0 saturated carbocycles. The summed E-state index contributed by atoms with van der Waals surface area (Å²) in [6, 6.07) is 12.0. The summed E-state index contributed by atoms with van der Waals surface area (Å²) < 4.78 is 11.4. The predicted octanol–water partition coefficient (Wildman–Crippen LogP) is 3.23. The molecule has 1 aromatic carbocycles. The third-order valence-electron chi connectivity index (χ3n) is 4.94. The second-order valence-corrected chi connectivity index (χ2v) is 7.36. The molecule has 2 heterocycles. The minimum atomic E-state index is 0.440. The average Bonchev–Trinajstić information content (AvgIpc) is 3.24. The summed E-state index contributed by atoms with van der Waals surface area (Å²) in [5, 5.41) is 16.7. The van der Waals surface area contributed by atoms with Crippen molar-refractivity contribution >= 4 is 30.2 Å². The van der Waals surface area contributed by atoms with E-state index in [1.165, 1.54) is 5.70 Å². The zero-order valence-corrected chi connectivity index (χ0v) is 17.6. The van der Waals surface area contributed by atoms with Gasteiger partial charge in [-0.05, 0) is 60.5 Å². The summed E-state index contributed by atoms with van der Waals surface area (Å²) in [6.45, 7) is 11.4. The van der Waals surface area contributed by atoms with E-state index in [0.29, 0.717) is 10.7 Å². The van der Waals surface area contributed by atoms with Gasteiger partial charge in [-0.2, -0.15) is 5.26 Å². The smallest absolute Gasteiger partial charge is 0.134 e. The van der Waals surface area contributed by atoms with Crippen LogP contribution in [-0.4, -0.2) is 31.2 Å². The largest absolute Gasteiger partial charge is 0.456 e. The Morgan fingerprint density at radius 2 is 2.03 bits per heavy atom. The first-order chi connectivity index (χ1) is 14.1. The Labute approximate surface area is 175 Å². The number of rotatable bonds is 5. The fourth-order valence-corrected chi connectivity index (χ4v) is 3.57.